The van der Waals surface area contributed by atoms with Crippen molar-refractivity contribution in [1.29, 1.82) is 0 Å². The van der Waals surface area contributed by atoms with Gasteiger partial charge in [0.1, 0.15) is 4.99 Å². The molecule has 2 heterocycles. The molecular formula is C12H14N2OS. The van der Waals surface area contributed by atoms with Gasteiger partial charge in [0.05, 0.1) is 6.10 Å². The second-order valence-electron chi connectivity index (χ2n) is 4.43. The topological polar surface area (TPSA) is 35.5 Å². The number of aliphatic hydroxyl groups is 1. The molecule has 1 aromatic rings. The Morgan fingerprint density at radius 1 is 1.38 bits per heavy atom. The van der Waals surface area contributed by atoms with E-state index in [0.29, 0.717) is 12.6 Å². The van der Waals surface area contributed by atoms with E-state index in [2.05, 4.69) is 16.3 Å². The molecule has 2 aliphatic heterocycles. The van der Waals surface area contributed by atoms with Crippen molar-refractivity contribution in [2.24, 2.45) is 0 Å². The summed E-state index contributed by atoms with van der Waals surface area (Å²) in [6.07, 6.45) is 0.566. The van der Waals surface area contributed by atoms with Crippen LogP contribution in [-0.4, -0.2) is 40.2 Å². The third-order valence-corrected chi connectivity index (χ3v) is 3.79. The summed E-state index contributed by atoms with van der Waals surface area (Å²) >= 11 is 5.51. The number of thiocarbonyl (C=S) groups is 1. The van der Waals surface area contributed by atoms with Crippen molar-refractivity contribution in [3.05, 3.63) is 29.8 Å². The predicted molar refractivity (Wildman–Crippen MR) is 67.7 cm³/mol. The standard InChI is InChI=1S/C12H14N2OS/c15-9-5-8-6-13-11-4-2-1-3-10(11)12(16)14(8)7-9/h1-4,8-9,13,15H,5-7H2/t8-,9-/m1/s1. The Labute approximate surface area is 100 Å². The number of anilines is 1. The third-order valence-electron chi connectivity index (χ3n) is 3.34. The number of nitrogens with zero attached hydrogens (tertiary/aromatic N) is 1. The first kappa shape index (κ1) is 10.1. The largest absolute Gasteiger partial charge is 0.391 e. The van der Waals surface area contributed by atoms with E-state index in [1.54, 1.807) is 0 Å². The van der Waals surface area contributed by atoms with Gasteiger partial charge in [0.2, 0.25) is 0 Å². The lowest BCUT2D eigenvalue weighted by molar-refractivity contribution is 0.188. The van der Waals surface area contributed by atoms with Crippen molar-refractivity contribution in [3.63, 3.8) is 0 Å². The second-order valence-corrected chi connectivity index (χ2v) is 4.81. The molecule has 1 saturated heterocycles. The Kier molecular flexibility index (Phi) is 2.33. The average molecular weight is 234 g/mol. The highest BCUT2D eigenvalue weighted by Gasteiger charge is 2.35. The molecule has 0 aliphatic carbocycles. The molecule has 1 fully saturated rings. The van der Waals surface area contributed by atoms with Gasteiger partial charge in [-0.25, -0.2) is 0 Å². The lowest BCUT2D eigenvalue weighted by atomic mass is 10.1. The molecule has 0 spiro atoms. The van der Waals surface area contributed by atoms with Gasteiger partial charge in [-0.2, -0.15) is 0 Å². The molecule has 2 aliphatic rings. The summed E-state index contributed by atoms with van der Waals surface area (Å²) in [4.78, 5) is 3.01. The van der Waals surface area contributed by atoms with Crippen LogP contribution in [0.15, 0.2) is 24.3 Å². The normalized spacial score (nSPS) is 28.1. The van der Waals surface area contributed by atoms with E-state index < -0.39 is 0 Å². The molecule has 0 saturated carbocycles. The van der Waals surface area contributed by atoms with Crippen molar-refractivity contribution in [3.8, 4) is 0 Å². The minimum Gasteiger partial charge on any atom is -0.391 e. The van der Waals surface area contributed by atoms with E-state index in [-0.39, 0.29) is 6.10 Å². The summed E-state index contributed by atoms with van der Waals surface area (Å²) in [6, 6.07) is 8.44. The van der Waals surface area contributed by atoms with Gasteiger partial charge in [-0.1, -0.05) is 24.4 Å². The fourth-order valence-electron chi connectivity index (χ4n) is 2.54. The van der Waals surface area contributed by atoms with Crippen molar-refractivity contribution >= 4 is 22.9 Å². The monoisotopic (exact) mass is 234 g/mol. The fraction of sp³-hybridized carbons (Fsp3) is 0.417. The number of fused-ring (bicyclic) bond motifs is 2. The van der Waals surface area contributed by atoms with Gasteiger partial charge < -0.3 is 15.3 Å². The number of nitrogens with one attached hydrogen (secondary N) is 1. The molecule has 3 nitrogen and oxygen atoms in total. The Balaban J connectivity index is 2.00. The molecule has 3 rings (SSSR count). The van der Waals surface area contributed by atoms with Crippen LogP contribution < -0.4 is 5.32 Å². The zero-order valence-corrected chi connectivity index (χ0v) is 9.70. The van der Waals surface area contributed by atoms with Crippen LogP contribution >= 0.6 is 12.2 Å². The Morgan fingerprint density at radius 2 is 2.19 bits per heavy atom. The summed E-state index contributed by atoms with van der Waals surface area (Å²) in [5, 5.41) is 13.1. The lowest BCUT2D eigenvalue weighted by Gasteiger charge is -2.23. The molecule has 16 heavy (non-hydrogen) atoms. The van der Waals surface area contributed by atoms with Gasteiger partial charge in [-0.05, 0) is 18.6 Å². The molecule has 84 valence electrons. The maximum absolute atomic E-state index is 9.69. The average Bonchev–Trinajstić information content (AvgIpc) is 2.62. The first-order valence-corrected chi connectivity index (χ1v) is 5.98. The molecule has 0 bridgehead atoms. The maximum atomic E-state index is 9.69. The number of hydrogen-bond donors (Lipinski definition) is 2. The predicted octanol–water partition coefficient (Wildman–Crippen LogP) is 1.22. The molecule has 0 unspecified atom stereocenters. The molecule has 0 radical (unpaired) electrons. The summed E-state index contributed by atoms with van der Waals surface area (Å²) in [5.41, 5.74) is 2.19. The van der Waals surface area contributed by atoms with Crippen LogP contribution in [-0.2, 0) is 0 Å². The molecule has 2 N–H and O–H groups in total. The minimum atomic E-state index is -0.241. The zero-order chi connectivity index (χ0) is 11.1. The highest BCUT2D eigenvalue weighted by Crippen LogP contribution is 2.28. The lowest BCUT2D eigenvalue weighted by Crippen LogP contribution is -2.36. The highest BCUT2D eigenvalue weighted by atomic mass is 32.1. The van der Waals surface area contributed by atoms with E-state index in [9.17, 15) is 5.11 Å². The van der Waals surface area contributed by atoms with Gasteiger partial charge in [0.25, 0.3) is 0 Å². The number of para-hydroxylation sites is 1. The van der Waals surface area contributed by atoms with E-state index in [0.717, 1.165) is 29.2 Å². The zero-order valence-electron chi connectivity index (χ0n) is 8.89. The van der Waals surface area contributed by atoms with Crippen LogP contribution in [0, 0.1) is 0 Å². The van der Waals surface area contributed by atoms with Gasteiger partial charge in [-0.3, -0.25) is 0 Å². The highest BCUT2D eigenvalue weighted by molar-refractivity contribution is 7.80. The second kappa shape index (κ2) is 3.71. The van der Waals surface area contributed by atoms with Gasteiger partial charge in [-0.15, -0.1) is 0 Å². The number of rotatable bonds is 0. The molecule has 4 heteroatoms. The van der Waals surface area contributed by atoms with E-state index >= 15 is 0 Å². The Bertz CT molecular complexity index is 435. The Hall–Kier alpha value is -1.13. The van der Waals surface area contributed by atoms with Gasteiger partial charge in [0, 0.05) is 30.4 Å². The number of benzene rings is 1. The van der Waals surface area contributed by atoms with E-state index in [4.69, 9.17) is 12.2 Å². The van der Waals surface area contributed by atoms with Crippen molar-refractivity contribution in [2.75, 3.05) is 18.4 Å². The SMILES string of the molecule is O[C@@H]1C[C@@H]2CNc3ccccc3C(=S)N2C1. The first-order chi connectivity index (χ1) is 7.75. The number of hydrogen-bond acceptors (Lipinski definition) is 3. The van der Waals surface area contributed by atoms with Crippen molar-refractivity contribution in [2.45, 2.75) is 18.6 Å². The van der Waals surface area contributed by atoms with Crippen LogP contribution in [0.5, 0.6) is 0 Å². The molecule has 0 aromatic heterocycles. The molecule has 0 amide bonds. The molecule has 2 atom stereocenters. The van der Waals surface area contributed by atoms with E-state index in [1.165, 1.54) is 0 Å². The van der Waals surface area contributed by atoms with Crippen LogP contribution in [0.3, 0.4) is 0 Å². The van der Waals surface area contributed by atoms with Crippen molar-refractivity contribution in [1.82, 2.24) is 4.90 Å². The van der Waals surface area contributed by atoms with Gasteiger partial charge >= 0.3 is 0 Å². The van der Waals surface area contributed by atoms with Crippen LogP contribution in [0.25, 0.3) is 0 Å². The molecule has 1 aromatic carbocycles. The quantitative estimate of drug-likeness (QED) is 0.662. The maximum Gasteiger partial charge on any atom is 0.111 e. The fourth-order valence-corrected chi connectivity index (χ4v) is 2.94. The number of aliphatic hydroxyl groups excluding tert-OH is 1. The summed E-state index contributed by atoms with van der Waals surface area (Å²) in [5.74, 6) is 0. The molecular weight excluding hydrogens is 220 g/mol. The summed E-state index contributed by atoms with van der Waals surface area (Å²) in [6.45, 7) is 1.52. The summed E-state index contributed by atoms with van der Waals surface area (Å²) < 4.78 is 0. The smallest absolute Gasteiger partial charge is 0.111 e. The first-order valence-electron chi connectivity index (χ1n) is 5.57. The minimum absolute atomic E-state index is 0.241. The van der Waals surface area contributed by atoms with E-state index in [1.807, 2.05) is 18.2 Å². The van der Waals surface area contributed by atoms with Gasteiger partial charge in [0.15, 0.2) is 0 Å². The third kappa shape index (κ3) is 1.49. The Morgan fingerprint density at radius 3 is 3.06 bits per heavy atom. The van der Waals surface area contributed by atoms with Crippen LogP contribution in [0.2, 0.25) is 0 Å². The van der Waals surface area contributed by atoms with Crippen LogP contribution in [0.4, 0.5) is 5.69 Å². The van der Waals surface area contributed by atoms with Crippen LogP contribution in [0.1, 0.15) is 12.0 Å². The van der Waals surface area contributed by atoms with Crippen molar-refractivity contribution < 1.29 is 5.11 Å². The summed E-state index contributed by atoms with van der Waals surface area (Å²) in [7, 11) is 0.